The van der Waals surface area contributed by atoms with Gasteiger partial charge in [-0.25, -0.2) is 13.6 Å². The van der Waals surface area contributed by atoms with Gasteiger partial charge in [-0.1, -0.05) is 30.3 Å². The number of hydrogen-bond acceptors (Lipinski definition) is 6. The van der Waals surface area contributed by atoms with Gasteiger partial charge in [-0.15, -0.1) is 0 Å². The monoisotopic (exact) mass is 367 g/mol. The molecule has 1 saturated heterocycles. The van der Waals surface area contributed by atoms with Crippen LogP contribution in [0.1, 0.15) is 18.2 Å². The van der Waals surface area contributed by atoms with Gasteiger partial charge in [-0.05, 0) is 11.6 Å². The number of rotatable bonds is 6. The van der Waals surface area contributed by atoms with Crippen LogP contribution in [0.25, 0.3) is 0 Å². The number of benzene rings is 1. The first-order chi connectivity index (χ1) is 12.4. The number of alkyl halides is 2. The maximum Gasteiger partial charge on any atom is 0.351 e. The second kappa shape index (κ2) is 7.48. The summed E-state index contributed by atoms with van der Waals surface area (Å²) in [4.78, 5) is 15.4. The van der Waals surface area contributed by atoms with Crippen LogP contribution in [0, 0.1) is 0 Å². The van der Waals surface area contributed by atoms with Crippen molar-refractivity contribution in [2.45, 2.75) is 37.4 Å². The minimum absolute atomic E-state index is 0.00921. The number of hydrogen-bond donors (Lipinski definition) is 2. The van der Waals surface area contributed by atoms with Crippen molar-refractivity contribution in [2.75, 3.05) is 12.3 Å². The molecule has 0 bridgehead atoms. The zero-order valence-corrected chi connectivity index (χ0v) is 13.8. The smallest absolute Gasteiger partial charge is 0.351 e. The van der Waals surface area contributed by atoms with Gasteiger partial charge in [0.25, 0.3) is 6.43 Å². The highest BCUT2D eigenvalue weighted by Crippen LogP contribution is 2.40. The van der Waals surface area contributed by atoms with Gasteiger partial charge >= 0.3 is 5.69 Å². The van der Waals surface area contributed by atoms with Gasteiger partial charge in [0.15, 0.2) is 11.8 Å². The van der Waals surface area contributed by atoms with Crippen LogP contribution in [-0.2, 0) is 16.1 Å². The van der Waals surface area contributed by atoms with Gasteiger partial charge in [0.05, 0.1) is 13.2 Å². The van der Waals surface area contributed by atoms with E-state index in [9.17, 15) is 18.7 Å². The number of aliphatic hydroxyl groups is 1. The lowest BCUT2D eigenvalue weighted by Gasteiger charge is -2.28. The van der Waals surface area contributed by atoms with E-state index < -0.39 is 36.7 Å². The topological polar surface area (TPSA) is 99.6 Å². The van der Waals surface area contributed by atoms with E-state index in [4.69, 9.17) is 15.2 Å². The maximum atomic E-state index is 13.7. The predicted molar refractivity (Wildman–Crippen MR) is 88.5 cm³/mol. The summed E-state index contributed by atoms with van der Waals surface area (Å²) in [6.45, 7) is -0.299. The normalized spacial score (nSPS) is 25.7. The fourth-order valence-electron chi connectivity index (χ4n) is 2.90. The average Bonchev–Trinajstić information content (AvgIpc) is 2.94. The molecule has 1 fully saturated rings. The van der Waals surface area contributed by atoms with Gasteiger partial charge in [0.1, 0.15) is 11.9 Å². The summed E-state index contributed by atoms with van der Waals surface area (Å²) in [5.74, 6) is -0.00921. The molecule has 3 rings (SSSR count). The number of anilines is 1. The Balaban J connectivity index is 1.74. The minimum atomic E-state index is -2.91. The van der Waals surface area contributed by atoms with E-state index in [1.165, 1.54) is 12.3 Å². The molecule has 1 aliphatic heterocycles. The van der Waals surface area contributed by atoms with Crippen LogP contribution < -0.4 is 11.4 Å². The van der Waals surface area contributed by atoms with Crippen molar-refractivity contribution in [3.8, 4) is 0 Å². The Kier molecular flexibility index (Phi) is 5.30. The first-order valence-electron chi connectivity index (χ1n) is 8.02. The van der Waals surface area contributed by atoms with Crippen molar-refractivity contribution in [3.63, 3.8) is 0 Å². The Morgan fingerprint density at radius 3 is 2.77 bits per heavy atom. The molecule has 1 aromatic heterocycles. The SMILES string of the molecule is Nc1ccn(C2OC(COCc3ccccc3)(C(F)F)CC2O)c(=O)n1. The maximum absolute atomic E-state index is 13.7. The Morgan fingerprint density at radius 1 is 1.38 bits per heavy atom. The lowest BCUT2D eigenvalue weighted by atomic mass is 10.0. The van der Waals surface area contributed by atoms with Gasteiger partial charge < -0.3 is 20.3 Å². The second-order valence-corrected chi connectivity index (χ2v) is 6.17. The first kappa shape index (κ1) is 18.4. The number of aliphatic hydroxyl groups excluding tert-OH is 1. The summed E-state index contributed by atoms with van der Waals surface area (Å²) in [7, 11) is 0. The second-order valence-electron chi connectivity index (χ2n) is 6.17. The van der Waals surface area contributed by atoms with Gasteiger partial charge in [-0.3, -0.25) is 4.57 Å². The number of aromatic nitrogens is 2. The first-order valence-corrected chi connectivity index (χ1v) is 8.02. The molecular weight excluding hydrogens is 348 g/mol. The number of nitrogens with two attached hydrogens (primary N) is 1. The Labute approximate surface area is 148 Å². The molecule has 1 aliphatic rings. The van der Waals surface area contributed by atoms with Gasteiger partial charge in [0.2, 0.25) is 0 Å². The molecule has 26 heavy (non-hydrogen) atoms. The van der Waals surface area contributed by atoms with Crippen molar-refractivity contribution < 1.29 is 23.4 Å². The zero-order chi connectivity index (χ0) is 18.7. The molecule has 3 N–H and O–H groups in total. The van der Waals surface area contributed by atoms with Crippen LogP contribution in [0.2, 0.25) is 0 Å². The number of nitrogens with zero attached hydrogens (tertiary/aromatic N) is 2. The van der Waals surface area contributed by atoms with Crippen LogP contribution in [0.15, 0.2) is 47.4 Å². The molecule has 3 unspecified atom stereocenters. The average molecular weight is 367 g/mol. The molecule has 9 heteroatoms. The van der Waals surface area contributed by atoms with Crippen molar-refractivity contribution >= 4 is 5.82 Å². The highest BCUT2D eigenvalue weighted by molar-refractivity contribution is 5.23. The summed E-state index contributed by atoms with van der Waals surface area (Å²) < 4.78 is 39.2. The molecule has 0 saturated carbocycles. The van der Waals surface area contributed by atoms with Crippen molar-refractivity contribution in [2.24, 2.45) is 0 Å². The van der Waals surface area contributed by atoms with Crippen LogP contribution in [0.3, 0.4) is 0 Å². The van der Waals surface area contributed by atoms with Crippen molar-refractivity contribution in [1.29, 1.82) is 0 Å². The Hall–Kier alpha value is -2.36. The summed E-state index contributed by atoms with van der Waals surface area (Å²) >= 11 is 0. The fraction of sp³-hybridized carbons (Fsp3) is 0.412. The third-order valence-electron chi connectivity index (χ3n) is 4.22. The highest BCUT2D eigenvalue weighted by atomic mass is 19.3. The standard InChI is InChI=1S/C17H19F2N3O4/c18-15(19)17(10-25-9-11-4-2-1-3-5-11)8-12(23)14(26-17)22-7-6-13(20)21-16(22)24/h1-7,12,14-15,23H,8-10H2,(H2,20,21,24). The molecule has 0 radical (unpaired) electrons. The van der Waals surface area contributed by atoms with E-state index in [-0.39, 0.29) is 18.8 Å². The van der Waals surface area contributed by atoms with Crippen LogP contribution in [0.5, 0.6) is 0 Å². The van der Waals surface area contributed by atoms with E-state index in [2.05, 4.69) is 4.98 Å². The van der Waals surface area contributed by atoms with E-state index >= 15 is 0 Å². The minimum Gasteiger partial charge on any atom is -0.388 e. The van der Waals surface area contributed by atoms with Crippen LogP contribution in [0.4, 0.5) is 14.6 Å². The molecule has 1 aromatic carbocycles. The van der Waals surface area contributed by atoms with Crippen LogP contribution in [-0.4, -0.2) is 39.4 Å². The van der Waals surface area contributed by atoms with E-state index in [1.54, 1.807) is 0 Å². The third-order valence-corrected chi connectivity index (χ3v) is 4.22. The lowest BCUT2D eigenvalue weighted by molar-refractivity contribution is -0.183. The summed E-state index contributed by atoms with van der Waals surface area (Å²) in [5.41, 5.74) is 3.44. The quantitative estimate of drug-likeness (QED) is 0.799. The van der Waals surface area contributed by atoms with Crippen molar-refractivity contribution in [1.82, 2.24) is 9.55 Å². The Bertz CT molecular complexity index is 802. The number of halogens is 2. The molecule has 0 amide bonds. The molecule has 140 valence electrons. The molecule has 7 nitrogen and oxygen atoms in total. The number of nitrogen functional groups attached to an aromatic ring is 1. The largest absolute Gasteiger partial charge is 0.388 e. The summed E-state index contributed by atoms with van der Waals surface area (Å²) in [5, 5.41) is 10.2. The summed E-state index contributed by atoms with van der Waals surface area (Å²) in [6, 6.07) is 10.4. The molecule has 2 aromatic rings. The van der Waals surface area contributed by atoms with Gasteiger partial charge in [0, 0.05) is 12.6 Å². The van der Waals surface area contributed by atoms with E-state index in [0.717, 1.165) is 10.1 Å². The molecule has 0 aliphatic carbocycles. The number of ether oxygens (including phenoxy) is 2. The van der Waals surface area contributed by atoms with Gasteiger partial charge in [-0.2, -0.15) is 4.98 Å². The van der Waals surface area contributed by atoms with Crippen LogP contribution >= 0.6 is 0 Å². The zero-order valence-electron chi connectivity index (χ0n) is 13.8. The highest BCUT2D eigenvalue weighted by Gasteiger charge is 2.53. The molecular formula is C17H19F2N3O4. The van der Waals surface area contributed by atoms with E-state index in [1.807, 2.05) is 30.3 Å². The summed E-state index contributed by atoms with van der Waals surface area (Å²) in [6.07, 6.45) is -4.63. The third kappa shape index (κ3) is 3.74. The van der Waals surface area contributed by atoms with E-state index in [0.29, 0.717) is 0 Å². The fourth-order valence-corrected chi connectivity index (χ4v) is 2.90. The lowest BCUT2D eigenvalue weighted by Crippen LogP contribution is -2.42. The van der Waals surface area contributed by atoms with Crippen molar-refractivity contribution in [3.05, 3.63) is 58.6 Å². The Morgan fingerprint density at radius 2 is 2.12 bits per heavy atom. The predicted octanol–water partition coefficient (Wildman–Crippen LogP) is 1.33. The molecule has 0 spiro atoms. The molecule has 3 atom stereocenters. The molecule has 2 heterocycles.